The van der Waals surface area contributed by atoms with Gasteiger partial charge in [-0.15, -0.1) is 0 Å². The van der Waals surface area contributed by atoms with Gasteiger partial charge in [-0.05, 0) is 37.8 Å². The van der Waals surface area contributed by atoms with Gasteiger partial charge in [-0.3, -0.25) is 9.59 Å². The monoisotopic (exact) mass is 375 g/mol. The second-order valence-corrected chi connectivity index (χ2v) is 6.95. The number of aromatic amines is 1. The predicted molar refractivity (Wildman–Crippen MR) is 110 cm³/mol. The van der Waals surface area contributed by atoms with Crippen LogP contribution in [-0.4, -0.2) is 15.9 Å². The van der Waals surface area contributed by atoms with E-state index in [-0.39, 0.29) is 23.9 Å². The van der Waals surface area contributed by atoms with E-state index in [1.54, 1.807) is 13.8 Å². The largest absolute Gasteiger partial charge is 0.349 e. The summed E-state index contributed by atoms with van der Waals surface area (Å²) in [4.78, 5) is 31.8. The summed E-state index contributed by atoms with van der Waals surface area (Å²) in [6, 6.07) is 20.0. The van der Waals surface area contributed by atoms with Crippen LogP contribution in [0.4, 0.5) is 0 Å². The van der Waals surface area contributed by atoms with Gasteiger partial charge in [-0.25, -0.2) is 4.98 Å². The molecule has 28 heavy (non-hydrogen) atoms. The zero-order valence-electron chi connectivity index (χ0n) is 16.2. The van der Waals surface area contributed by atoms with Crippen LogP contribution in [0.25, 0.3) is 0 Å². The fourth-order valence-corrected chi connectivity index (χ4v) is 3.33. The van der Waals surface area contributed by atoms with Crippen molar-refractivity contribution in [3.05, 3.63) is 99.2 Å². The fraction of sp³-hybridized carbons (Fsp3) is 0.261. The first-order valence-electron chi connectivity index (χ1n) is 9.47. The van der Waals surface area contributed by atoms with Crippen molar-refractivity contribution in [1.82, 2.24) is 15.3 Å². The van der Waals surface area contributed by atoms with Gasteiger partial charge in [0.2, 0.25) is 5.91 Å². The molecule has 1 atom stereocenters. The number of aryl methyl sites for hydroxylation is 3. The van der Waals surface area contributed by atoms with Crippen LogP contribution in [0.2, 0.25) is 0 Å². The number of hydrogen-bond acceptors (Lipinski definition) is 3. The molecule has 0 saturated heterocycles. The second kappa shape index (κ2) is 9.13. The third-order valence-corrected chi connectivity index (χ3v) is 4.78. The lowest BCUT2D eigenvalue weighted by Crippen LogP contribution is -2.32. The molecule has 0 radical (unpaired) electrons. The Hall–Kier alpha value is -3.21. The van der Waals surface area contributed by atoms with Gasteiger partial charge in [-0.1, -0.05) is 60.7 Å². The molecular weight excluding hydrogens is 350 g/mol. The molecule has 5 heteroatoms. The molecule has 0 aliphatic rings. The van der Waals surface area contributed by atoms with Crippen molar-refractivity contribution in [3.8, 4) is 0 Å². The summed E-state index contributed by atoms with van der Waals surface area (Å²) < 4.78 is 0. The van der Waals surface area contributed by atoms with E-state index >= 15 is 0 Å². The molecule has 1 aromatic heterocycles. The Morgan fingerprint density at radius 2 is 1.68 bits per heavy atom. The predicted octanol–water partition coefficient (Wildman–Crippen LogP) is 3.42. The van der Waals surface area contributed by atoms with Crippen LogP contribution in [0.5, 0.6) is 0 Å². The third-order valence-electron chi connectivity index (χ3n) is 4.78. The molecule has 3 rings (SSSR count). The van der Waals surface area contributed by atoms with E-state index in [1.165, 1.54) is 5.56 Å². The minimum Gasteiger partial charge on any atom is -0.349 e. The Morgan fingerprint density at radius 1 is 1.04 bits per heavy atom. The van der Waals surface area contributed by atoms with Crippen molar-refractivity contribution >= 4 is 5.91 Å². The zero-order valence-corrected chi connectivity index (χ0v) is 16.2. The summed E-state index contributed by atoms with van der Waals surface area (Å²) >= 11 is 0. The summed E-state index contributed by atoms with van der Waals surface area (Å²) in [5.74, 6) is 0.373. The van der Waals surface area contributed by atoms with Crippen molar-refractivity contribution in [3.63, 3.8) is 0 Å². The first kappa shape index (κ1) is 19.5. The normalized spacial score (nSPS) is 11.8. The molecule has 0 saturated carbocycles. The molecule has 144 valence electrons. The van der Waals surface area contributed by atoms with Gasteiger partial charge >= 0.3 is 0 Å². The average Bonchev–Trinajstić information content (AvgIpc) is 2.69. The molecule has 1 amide bonds. The van der Waals surface area contributed by atoms with Crippen molar-refractivity contribution < 1.29 is 4.79 Å². The highest BCUT2D eigenvalue weighted by Crippen LogP contribution is 2.19. The lowest BCUT2D eigenvalue weighted by molar-refractivity contribution is -0.121. The van der Waals surface area contributed by atoms with Gasteiger partial charge in [-0.2, -0.15) is 0 Å². The molecule has 0 bridgehead atoms. The number of aromatic nitrogens is 2. The lowest BCUT2D eigenvalue weighted by Gasteiger charge is -2.20. The Labute approximate surface area is 164 Å². The molecular formula is C23H25N3O2. The summed E-state index contributed by atoms with van der Waals surface area (Å²) in [6.45, 7) is 3.49. The first-order chi connectivity index (χ1) is 13.5. The quantitative estimate of drug-likeness (QED) is 0.664. The van der Waals surface area contributed by atoms with Crippen molar-refractivity contribution in [1.29, 1.82) is 0 Å². The van der Waals surface area contributed by atoms with Crippen LogP contribution < -0.4 is 10.9 Å². The summed E-state index contributed by atoms with van der Waals surface area (Å²) in [5, 5.41) is 3.10. The topological polar surface area (TPSA) is 74.8 Å². The molecule has 3 aromatic rings. The number of carbonyl (C=O) groups is 1. The van der Waals surface area contributed by atoms with E-state index in [9.17, 15) is 9.59 Å². The number of nitrogens with zero attached hydrogens (tertiary/aromatic N) is 1. The average molecular weight is 375 g/mol. The Morgan fingerprint density at radius 3 is 2.32 bits per heavy atom. The van der Waals surface area contributed by atoms with Gasteiger partial charge < -0.3 is 10.3 Å². The van der Waals surface area contributed by atoms with E-state index in [2.05, 4.69) is 27.4 Å². The van der Waals surface area contributed by atoms with Crippen molar-refractivity contribution in [2.45, 2.75) is 39.2 Å². The molecule has 5 nitrogen and oxygen atoms in total. The summed E-state index contributed by atoms with van der Waals surface area (Å²) in [6.07, 6.45) is 1.65. The second-order valence-electron chi connectivity index (χ2n) is 6.95. The number of benzene rings is 2. The number of nitrogens with one attached hydrogen (secondary N) is 2. The van der Waals surface area contributed by atoms with Gasteiger partial charge in [0.05, 0.1) is 12.5 Å². The molecule has 1 heterocycles. The van der Waals surface area contributed by atoms with Crippen LogP contribution in [0.1, 0.15) is 40.7 Å². The van der Waals surface area contributed by atoms with Crippen LogP contribution in [-0.2, 0) is 17.6 Å². The van der Waals surface area contributed by atoms with Crippen molar-refractivity contribution in [2.24, 2.45) is 0 Å². The minimum atomic E-state index is -0.249. The number of rotatable bonds is 7. The van der Waals surface area contributed by atoms with Crippen molar-refractivity contribution in [2.75, 3.05) is 0 Å². The van der Waals surface area contributed by atoms with Gasteiger partial charge in [0, 0.05) is 11.3 Å². The molecule has 2 N–H and O–H groups in total. The maximum Gasteiger partial charge on any atom is 0.254 e. The molecule has 0 fully saturated rings. The number of hydrogen-bond donors (Lipinski definition) is 2. The van der Waals surface area contributed by atoms with Gasteiger partial charge in [0.25, 0.3) is 5.56 Å². The van der Waals surface area contributed by atoms with E-state index < -0.39 is 0 Å². The smallest absolute Gasteiger partial charge is 0.254 e. The minimum absolute atomic E-state index is 0.0170. The zero-order chi connectivity index (χ0) is 19.9. The fourth-order valence-electron chi connectivity index (χ4n) is 3.33. The van der Waals surface area contributed by atoms with E-state index in [4.69, 9.17) is 0 Å². The highest BCUT2D eigenvalue weighted by molar-refractivity contribution is 5.79. The van der Waals surface area contributed by atoms with Crippen LogP contribution in [0, 0.1) is 13.8 Å². The Kier molecular flexibility index (Phi) is 6.37. The van der Waals surface area contributed by atoms with Crippen LogP contribution in [0.3, 0.4) is 0 Å². The standard InChI is InChI=1S/C23H25N3O2/c1-16-20(23(28)25-17(2)24-16)15-22(27)26-21(19-11-7-4-8-12-19)14-13-18-9-5-3-6-10-18/h3-12,21H,13-15H2,1-2H3,(H,26,27)(H,24,25,28)/t21-/m1/s1. The van der Waals surface area contributed by atoms with Gasteiger partial charge in [0.15, 0.2) is 0 Å². The molecule has 2 aromatic carbocycles. The lowest BCUT2D eigenvalue weighted by atomic mass is 9.98. The molecule has 0 aliphatic carbocycles. The molecule has 0 unspecified atom stereocenters. The number of H-pyrrole nitrogens is 1. The van der Waals surface area contributed by atoms with Crippen LogP contribution >= 0.6 is 0 Å². The third kappa shape index (κ3) is 5.16. The van der Waals surface area contributed by atoms with Crippen LogP contribution in [0.15, 0.2) is 65.5 Å². The highest BCUT2D eigenvalue weighted by atomic mass is 16.2. The Balaban J connectivity index is 1.74. The molecule has 0 spiro atoms. The maximum atomic E-state index is 12.7. The molecule has 0 aliphatic heterocycles. The van der Waals surface area contributed by atoms with E-state index in [0.717, 1.165) is 18.4 Å². The Bertz CT molecular complexity index is 982. The SMILES string of the molecule is Cc1nc(C)c(CC(=O)N[C@H](CCc2ccccc2)c2ccccc2)c(=O)[nH]1. The van der Waals surface area contributed by atoms with Gasteiger partial charge in [0.1, 0.15) is 5.82 Å². The maximum absolute atomic E-state index is 12.7. The highest BCUT2D eigenvalue weighted by Gasteiger charge is 2.17. The van der Waals surface area contributed by atoms with E-state index in [1.807, 2.05) is 48.5 Å². The summed E-state index contributed by atoms with van der Waals surface area (Å²) in [7, 11) is 0. The number of carbonyl (C=O) groups excluding carboxylic acids is 1. The number of amides is 1. The summed E-state index contributed by atoms with van der Waals surface area (Å²) in [5.41, 5.74) is 3.04. The van der Waals surface area contributed by atoms with E-state index in [0.29, 0.717) is 17.1 Å². The first-order valence-corrected chi connectivity index (χ1v) is 9.47.